The predicted molar refractivity (Wildman–Crippen MR) is 60.9 cm³/mol. The van der Waals surface area contributed by atoms with Gasteiger partial charge in [-0.2, -0.15) is 0 Å². The quantitative estimate of drug-likeness (QED) is 0.817. The summed E-state index contributed by atoms with van der Waals surface area (Å²) in [5.41, 5.74) is 2.23. The minimum atomic E-state index is 0.308. The number of hydrogen-bond acceptors (Lipinski definition) is 4. The maximum absolute atomic E-state index is 5.51. The van der Waals surface area contributed by atoms with E-state index in [0.717, 1.165) is 30.0 Å². The number of rotatable bonds is 5. The van der Waals surface area contributed by atoms with Crippen LogP contribution in [0.25, 0.3) is 0 Å². The van der Waals surface area contributed by atoms with Crippen LogP contribution >= 0.6 is 0 Å². The molecule has 4 heteroatoms. The molecule has 1 aliphatic heterocycles. The topological polar surface area (TPSA) is 39.7 Å². The molecule has 0 aliphatic carbocycles. The Morgan fingerprint density at radius 1 is 1.25 bits per heavy atom. The van der Waals surface area contributed by atoms with Crippen molar-refractivity contribution in [1.82, 2.24) is 5.32 Å². The second-order valence-corrected chi connectivity index (χ2v) is 3.74. The summed E-state index contributed by atoms with van der Waals surface area (Å²) in [6.07, 6.45) is 0.940. The zero-order valence-electron chi connectivity index (χ0n) is 9.71. The fourth-order valence-corrected chi connectivity index (χ4v) is 1.83. The molecule has 1 heterocycles. The van der Waals surface area contributed by atoms with Crippen LogP contribution in [0, 0.1) is 0 Å². The molecule has 0 spiro atoms. The molecule has 0 fully saturated rings. The van der Waals surface area contributed by atoms with E-state index < -0.39 is 0 Å². The van der Waals surface area contributed by atoms with Crippen molar-refractivity contribution in [3.8, 4) is 11.5 Å². The third kappa shape index (κ3) is 2.13. The van der Waals surface area contributed by atoms with E-state index in [1.165, 1.54) is 5.56 Å². The van der Waals surface area contributed by atoms with Gasteiger partial charge in [-0.3, -0.25) is 0 Å². The van der Waals surface area contributed by atoms with Crippen molar-refractivity contribution in [1.29, 1.82) is 0 Å². The summed E-state index contributed by atoms with van der Waals surface area (Å²) in [5.74, 6) is 1.72. The lowest BCUT2D eigenvalue weighted by molar-refractivity contribution is 0.162. The fourth-order valence-electron chi connectivity index (χ4n) is 1.83. The zero-order chi connectivity index (χ0) is 11.4. The van der Waals surface area contributed by atoms with Crippen LogP contribution in [0.15, 0.2) is 12.1 Å². The maximum atomic E-state index is 5.51. The molecule has 0 amide bonds. The van der Waals surface area contributed by atoms with Crippen LogP contribution in [-0.4, -0.2) is 27.5 Å². The van der Waals surface area contributed by atoms with Gasteiger partial charge in [0.25, 0.3) is 0 Å². The van der Waals surface area contributed by atoms with Gasteiger partial charge in [-0.25, -0.2) is 0 Å². The monoisotopic (exact) mass is 223 g/mol. The van der Waals surface area contributed by atoms with Crippen LogP contribution in [0.3, 0.4) is 0 Å². The second kappa shape index (κ2) is 5.18. The largest absolute Gasteiger partial charge is 0.453 e. The van der Waals surface area contributed by atoms with E-state index in [9.17, 15) is 0 Å². The smallest absolute Gasteiger partial charge is 0.231 e. The van der Waals surface area contributed by atoms with E-state index in [4.69, 9.17) is 14.2 Å². The summed E-state index contributed by atoms with van der Waals surface area (Å²) in [6, 6.07) is 4.13. The Morgan fingerprint density at radius 2 is 1.94 bits per heavy atom. The zero-order valence-corrected chi connectivity index (χ0v) is 9.71. The SMILES string of the molecule is CNCCc1ccc(COC)c2c1OCO2. The summed E-state index contributed by atoms with van der Waals surface area (Å²) >= 11 is 0. The van der Waals surface area contributed by atoms with Gasteiger partial charge in [0, 0.05) is 12.7 Å². The molecule has 88 valence electrons. The Kier molecular flexibility index (Phi) is 3.64. The average molecular weight is 223 g/mol. The number of likely N-dealkylation sites (N-methyl/N-ethyl adjacent to an activating group) is 1. The van der Waals surface area contributed by atoms with Gasteiger partial charge in [-0.15, -0.1) is 0 Å². The van der Waals surface area contributed by atoms with Gasteiger partial charge in [0.2, 0.25) is 6.79 Å². The molecule has 0 saturated heterocycles. The highest BCUT2D eigenvalue weighted by atomic mass is 16.7. The maximum Gasteiger partial charge on any atom is 0.231 e. The van der Waals surface area contributed by atoms with Crippen LogP contribution in [0.1, 0.15) is 11.1 Å². The van der Waals surface area contributed by atoms with E-state index >= 15 is 0 Å². The highest BCUT2D eigenvalue weighted by molar-refractivity contribution is 5.53. The normalized spacial score (nSPS) is 13.1. The van der Waals surface area contributed by atoms with Gasteiger partial charge in [0.1, 0.15) is 0 Å². The van der Waals surface area contributed by atoms with Crippen molar-refractivity contribution < 1.29 is 14.2 Å². The Bertz CT molecular complexity index is 366. The number of methoxy groups -OCH3 is 1. The van der Waals surface area contributed by atoms with Gasteiger partial charge in [0.15, 0.2) is 11.5 Å². The molecule has 0 bridgehead atoms. The molecule has 1 aromatic carbocycles. The molecule has 1 aromatic rings. The van der Waals surface area contributed by atoms with E-state index in [1.807, 2.05) is 13.1 Å². The highest BCUT2D eigenvalue weighted by Gasteiger charge is 2.21. The predicted octanol–water partition coefficient (Wildman–Crippen LogP) is 1.32. The number of hydrogen-bond donors (Lipinski definition) is 1. The standard InChI is InChI=1S/C12H17NO3/c1-13-6-5-9-3-4-10(7-14-2)12-11(9)15-8-16-12/h3-4,13H,5-8H2,1-2H3. The van der Waals surface area contributed by atoms with Gasteiger partial charge in [-0.05, 0) is 25.6 Å². The minimum Gasteiger partial charge on any atom is -0.453 e. The summed E-state index contributed by atoms with van der Waals surface area (Å²) < 4.78 is 16.1. The molecule has 0 atom stereocenters. The van der Waals surface area contributed by atoms with Crippen molar-refractivity contribution >= 4 is 0 Å². The Hall–Kier alpha value is -1.26. The molecular weight excluding hydrogens is 206 g/mol. The summed E-state index contributed by atoms with van der Waals surface area (Å²) in [5, 5.41) is 3.13. The molecule has 0 unspecified atom stereocenters. The lowest BCUT2D eigenvalue weighted by atomic mass is 10.1. The van der Waals surface area contributed by atoms with Crippen LogP contribution < -0.4 is 14.8 Å². The lowest BCUT2D eigenvalue weighted by Crippen LogP contribution is -2.10. The molecule has 0 radical (unpaired) electrons. The molecule has 2 rings (SSSR count). The van der Waals surface area contributed by atoms with E-state index in [2.05, 4.69) is 11.4 Å². The highest BCUT2D eigenvalue weighted by Crippen LogP contribution is 2.39. The van der Waals surface area contributed by atoms with E-state index in [-0.39, 0.29) is 0 Å². The molecule has 4 nitrogen and oxygen atoms in total. The van der Waals surface area contributed by atoms with Gasteiger partial charge < -0.3 is 19.5 Å². The van der Waals surface area contributed by atoms with Gasteiger partial charge >= 0.3 is 0 Å². The molecule has 1 aliphatic rings. The first-order valence-electron chi connectivity index (χ1n) is 5.40. The molecule has 16 heavy (non-hydrogen) atoms. The third-order valence-corrected chi connectivity index (χ3v) is 2.63. The first-order chi connectivity index (χ1) is 7.86. The third-order valence-electron chi connectivity index (χ3n) is 2.63. The van der Waals surface area contributed by atoms with Crippen molar-refractivity contribution in [2.24, 2.45) is 0 Å². The number of nitrogens with one attached hydrogen (secondary N) is 1. The first kappa shape index (κ1) is 11.2. The molecule has 1 N–H and O–H groups in total. The number of benzene rings is 1. The molecule has 0 saturated carbocycles. The fraction of sp³-hybridized carbons (Fsp3) is 0.500. The Balaban J connectivity index is 2.25. The summed E-state index contributed by atoms with van der Waals surface area (Å²) in [7, 11) is 3.62. The van der Waals surface area contributed by atoms with Crippen LogP contribution in [0.2, 0.25) is 0 Å². The first-order valence-corrected chi connectivity index (χ1v) is 5.40. The Labute approximate surface area is 95.5 Å². The van der Waals surface area contributed by atoms with E-state index in [1.54, 1.807) is 7.11 Å². The average Bonchev–Trinajstić information content (AvgIpc) is 2.78. The van der Waals surface area contributed by atoms with Gasteiger partial charge in [0.05, 0.1) is 6.61 Å². The molecular formula is C12H17NO3. The Morgan fingerprint density at radius 3 is 2.62 bits per heavy atom. The summed E-state index contributed by atoms with van der Waals surface area (Å²) in [6.45, 7) is 1.79. The van der Waals surface area contributed by atoms with Gasteiger partial charge in [-0.1, -0.05) is 12.1 Å². The van der Waals surface area contributed by atoms with Crippen molar-refractivity contribution in [3.05, 3.63) is 23.3 Å². The van der Waals surface area contributed by atoms with Crippen molar-refractivity contribution in [3.63, 3.8) is 0 Å². The minimum absolute atomic E-state index is 0.308. The van der Waals surface area contributed by atoms with Crippen LogP contribution in [0.5, 0.6) is 11.5 Å². The lowest BCUT2D eigenvalue weighted by Gasteiger charge is -2.09. The number of ether oxygens (including phenoxy) is 3. The van der Waals surface area contributed by atoms with Crippen molar-refractivity contribution in [2.75, 3.05) is 27.5 Å². The van der Waals surface area contributed by atoms with Crippen LogP contribution in [0.4, 0.5) is 0 Å². The second-order valence-electron chi connectivity index (χ2n) is 3.74. The number of fused-ring (bicyclic) bond motifs is 1. The summed E-state index contributed by atoms with van der Waals surface area (Å²) in [4.78, 5) is 0. The van der Waals surface area contributed by atoms with Crippen molar-refractivity contribution in [2.45, 2.75) is 13.0 Å². The molecule has 0 aromatic heterocycles. The van der Waals surface area contributed by atoms with E-state index in [0.29, 0.717) is 13.4 Å². The van der Waals surface area contributed by atoms with Crippen LogP contribution in [-0.2, 0) is 17.8 Å².